The molecule has 2 N–H and O–H groups in total. The van der Waals surface area contributed by atoms with Crippen LogP contribution in [0.1, 0.15) is 10.4 Å². The third-order valence-electron chi connectivity index (χ3n) is 3.10. The van der Waals surface area contributed by atoms with Gasteiger partial charge in [0.1, 0.15) is 6.61 Å². The molecule has 1 aromatic heterocycles. The fraction of sp³-hybridized carbons (Fsp3) is 0.286. The second-order valence-electron chi connectivity index (χ2n) is 4.92. The minimum atomic E-state index is -6.02. The Balaban J connectivity index is 2.10. The summed E-state index contributed by atoms with van der Waals surface area (Å²) in [6, 6.07) is 8.36. The van der Waals surface area contributed by atoms with Gasteiger partial charge in [0.2, 0.25) is 0 Å². The summed E-state index contributed by atoms with van der Waals surface area (Å²) in [5.41, 5.74) is -4.48. The lowest BCUT2D eigenvalue weighted by atomic mass is 10.0. The second-order valence-corrected chi connectivity index (χ2v) is 5.95. The molecule has 2 rings (SSSR count). The highest BCUT2D eigenvalue weighted by Crippen LogP contribution is 2.51. The van der Waals surface area contributed by atoms with Crippen LogP contribution in [0.25, 0.3) is 0 Å². The zero-order valence-corrected chi connectivity index (χ0v) is 13.4. The van der Waals surface area contributed by atoms with Gasteiger partial charge in [-0.3, -0.25) is 5.32 Å². The van der Waals surface area contributed by atoms with Crippen molar-refractivity contribution in [2.45, 2.75) is 24.6 Å². The Labute approximate surface area is 146 Å². The lowest BCUT2D eigenvalue weighted by molar-refractivity contribution is -0.375. The van der Waals surface area contributed by atoms with Crippen molar-refractivity contribution < 1.29 is 41.0 Å². The van der Waals surface area contributed by atoms with Crippen LogP contribution in [0.15, 0.2) is 36.5 Å². The lowest BCUT2D eigenvalue weighted by Crippen LogP contribution is -2.53. The highest BCUT2D eigenvalue weighted by atomic mass is 32.1. The molecule has 0 unspecified atom stereocenters. The molecule has 0 radical (unpaired) electrons. The molecule has 0 spiro atoms. The molecule has 1 aromatic carbocycles. The van der Waals surface area contributed by atoms with Gasteiger partial charge in [0, 0.05) is 6.20 Å². The zero-order valence-electron chi connectivity index (χ0n) is 12.6. The number of anilines is 1. The Morgan fingerprint density at radius 3 is 2.23 bits per heavy atom. The van der Waals surface area contributed by atoms with E-state index in [9.17, 15) is 36.2 Å². The molecule has 0 bridgehead atoms. The molecule has 0 fully saturated rings. The van der Waals surface area contributed by atoms with E-state index < -0.39 is 34.1 Å². The maximum absolute atomic E-state index is 12.8. The maximum atomic E-state index is 12.8. The molecule has 0 saturated heterocycles. The Morgan fingerprint density at radius 2 is 1.69 bits per heavy atom. The summed E-state index contributed by atoms with van der Waals surface area (Å²) in [5, 5.41) is 10.5. The van der Waals surface area contributed by atoms with E-state index in [2.05, 4.69) is 4.98 Å². The molecule has 0 aliphatic carbocycles. The maximum Gasteiger partial charge on any atom is 0.431 e. The molecule has 5 nitrogen and oxygen atoms in total. The van der Waals surface area contributed by atoms with E-state index in [1.165, 1.54) is 0 Å². The summed E-state index contributed by atoms with van der Waals surface area (Å²) in [6.45, 7) is -0.167. The largest absolute Gasteiger partial charge is 0.444 e. The number of hydrogen-bond acceptors (Lipinski definition) is 5. The van der Waals surface area contributed by atoms with Gasteiger partial charge < -0.3 is 9.84 Å². The second kappa shape index (κ2) is 7.11. The predicted octanol–water partition coefficient (Wildman–Crippen LogP) is 4.20. The van der Waals surface area contributed by atoms with Gasteiger partial charge in [-0.2, -0.15) is 26.3 Å². The number of halogens is 6. The third-order valence-corrected chi connectivity index (χ3v) is 4.13. The number of aromatic nitrogens is 1. The van der Waals surface area contributed by atoms with Crippen molar-refractivity contribution in [2.24, 2.45) is 0 Å². The first-order chi connectivity index (χ1) is 11.9. The minimum Gasteiger partial charge on any atom is -0.444 e. The fourth-order valence-corrected chi connectivity index (χ4v) is 2.72. The highest BCUT2D eigenvalue weighted by molar-refractivity contribution is 7.15. The van der Waals surface area contributed by atoms with Crippen LogP contribution >= 0.6 is 11.3 Å². The van der Waals surface area contributed by atoms with E-state index >= 15 is 0 Å². The molecule has 142 valence electrons. The number of ether oxygens (including phenoxy) is 1. The Kier molecular flexibility index (Phi) is 5.47. The van der Waals surface area contributed by atoms with E-state index in [1.54, 1.807) is 30.3 Å². The number of rotatable bonds is 4. The molecule has 1 heterocycles. The van der Waals surface area contributed by atoms with Crippen LogP contribution in [0.2, 0.25) is 0 Å². The quantitative estimate of drug-likeness (QED) is 0.755. The van der Waals surface area contributed by atoms with Crippen molar-refractivity contribution >= 4 is 22.6 Å². The third kappa shape index (κ3) is 4.07. The first-order valence-electron chi connectivity index (χ1n) is 6.75. The summed E-state index contributed by atoms with van der Waals surface area (Å²) in [5.74, 6) is 0. The van der Waals surface area contributed by atoms with Crippen LogP contribution in [-0.4, -0.2) is 28.5 Å². The molecule has 0 saturated carbocycles. The monoisotopic (exact) mass is 400 g/mol. The van der Waals surface area contributed by atoms with Gasteiger partial charge in [0.05, 0.1) is 4.88 Å². The first kappa shape index (κ1) is 20.0. The molecular weight excluding hydrogens is 390 g/mol. The van der Waals surface area contributed by atoms with Crippen molar-refractivity contribution in [1.82, 2.24) is 4.98 Å². The van der Waals surface area contributed by atoms with Gasteiger partial charge >= 0.3 is 18.4 Å². The molecule has 2 aromatic rings. The lowest BCUT2D eigenvalue weighted by Gasteiger charge is -2.30. The van der Waals surface area contributed by atoms with E-state index in [1.807, 2.05) is 5.32 Å². The number of carbonyl (C=O) groups is 1. The first-order valence-corrected chi connectivity index (χ1v) is 7.56. The molecule has 26 heavy (non-hydrogen) atoms. The number of thiazole rings is 1. The number of hydrogen-bond donors (Lipinski definition) is 2. The van der Waals surface area contributed by atoms with Crippen LogP contribution in [0.5, 0.6) is 0 Å². The van der Waals surface area contributed by atoms with Crippen molar-refractivity contribution in [1.29, 1.82) is 0 Å². The van der Waals surface area contributed by atoms with Crippen molar-refractivity contribution in [2.75, 3.05) is 5.32 Å². The van der Waals surface area contributed by atoms with Crippen molar-refractivity contribution in [3.63, 3.8) is 0 Å². The fourth-order valence-electron chi connectivity index (χ4n) is 1.79. The van der Waals surface area contributed by atoms with Gasteiger partial charge in [-0.05, 0) is 5.56 Å². The Hall–Kier alpha value is -2.34. The summed E-state index contributed by atoms with van der Waals surface area (Å²) in [7, 11) is 0. The van der Waals surface area contributed by atoms with Gasteiger partial charge in [0.25, 0.3) is 5.60 Å². The number of nitrogens with one attached hydrogen (secondary N) is 1. The molecule has 0 aliphatic heterocycles. The van der Waals surface area contributed by atoms with Gasteiger partial charge in [-0.1, -0.05) is 41.7 Å². The summed E-state index contributed by atoms with van der Waals surface area (Å²) < 4.78 is 81.3. The smallest absolute Gasteiger partial charge is 0.431 e. The average Bonchev–Trinajstić information content (AvgIpc) is 2.99. The molecular formula is C14H10F6N2O3S. The molecule has 1 amide bonds. The normalized spacial score (nSPS) is 12.7. The standard InChI is InChI=1S/C14H10F6N2O3S/c15-13(16,17)12(24,14(18,19)20)9-6-21-10(26-9)22-11(23)25-7-8-4-2-1-3-5-8/h1-6,24H,7H2,(H,21,22,23). The van der Waals surface area contributed by atoms with Crippen molar-refractivity contribution in [3.05, 3.63) is 47.0 Å². The molecule has 0 aliphatic rings. The van der Waals surface area contributed by atoms with Crippen LogP contribution in [-0.2, 0) is 16.9 Å². The van der Waals surface area contributed by atoms with E-state index in [0.29, 0.717) is 5.56 Å². The number of nitrogens with zero attached hydrogens (tertiary/aromatic N) is 1. The number of benzene rings is 1. The topological polar surface area (TPSA) is 71.5 Å². The van der Waals surface area contributed by atoms with Crippen LogP contribution in [0.3, 0.4) is 0 Å². The summed E-state index contributed by atoms with van der Waals surface area (Å²) >= 11 is -0.169. The number of carbonyl (C=O) groups excluding carboxylic acids is 1. The van der Waals surface area contributed by atoms with E-state index in [-0.39, 0.29) is 24.1 Å². The van der Waals surface area contributed by atoms with Gasteiger partial charge in [-0.15, -0.1) is 0 Å². The van der Waals surface area contributed by atoms with E-state index in [4.69, 9.17) is 4.74 Å². The number of aliphatic hydroxyl groups is 1. The zero-order chi connectivity index (χ0) is 19.6. The van der Waals surface area contributed by atoms with Crippen LogP contribution in [0.4, 0.5) is 36.3 Å². The Bertz CT molecular complexity index is 746. The molecule has 0 atom stereocenters. The van der Waals surface area contributed by atoms with Crippen LogP contribution in [0, 0.1) is 0 Å². The van der Waals surface area contributed by atoms with E-state index in [0.717, 1.165) is 0 Å². The highest BCUT2D eigenvalue weighted by Gasteiger charge is 2.72. The van der Waals surface area contributed by atoms with Crippen molar-refractivity contribution in [3.8, 4) is 0 Å². The SMILES string of the molecule is O=C(Nc1ncc(C(O)(C(F)(F)F)C(F)(F)F)s1)OCc1ccccc1. The summed E-state index contributed by atoms with van der Waals surface area (Å²) in [6.07, 6.45) is -13.0. The summed E-state index contributed by atoms with van der Waals surface area (Å²) in [4.78, 5) is 13.3. The van der Waals surface area contributed by atoms with Gasteiger partial charge in [-0.25, -0.2) is 9.78 Å². The van der Waals surface area contributed by atoms with Gasteiger partial charge in [0.15, 0.2) is 5.13 Å². The Morgan fingerprint density at radius 1 is 1.12 bits per heavy atom. The average molecular weight is 400 g/mol. The molecule has 12 heteroatoms. The van der Waals surface area contributed by atoms with Crippen LogP contribution < -0.4 is 5.32 Å². The predicted molar refractivity (Wildman–Crippen MR) is 78.4 cm³/mol. The number of alkyl halides is 6. The number of amides is 1. The minimum absolute atomic E-state index is 0.167.